The first kappa shape index (κ1) is 11.1. The molecule has 1 atom stereocenters. The molecule has 0 spiro atoms. The third-order valence-corrected chi connectivity index (χ3v) is 2.54. The second-order valence-corrected chi connectivity index (χ2v) is 3.88. The van der Waals surface area contributed by atoms with E-state index in [1.165, 1.54) is 18.3 Å². The van der Waals surface area contributed by atoms with E-state index in [-0.39, 0.29) is 11.9 Å². The van der Waals surface area contributed by atoms with Crippen molar-refractivity contribution in [2.45, 2.75) is 6.04 Å². The molecule has 2 N–H and O–H groups in total. The molecule has 3 nitrogen and oxygen atoms in total. The van der Waals surface area contributed by atoms with E-state index in [2.05, 4.69) is 5.10 Å². The molecule has 0 fully saturated rings. The lowest BCUT2D eigenvalue weighted by Gasteiger charge is -2.15. The van der Waals surface area contributed by atoms with Crippen LogP contribution in [0.5, 0.6) is 0 Å². The molecule has 1 aromatic heterocycles. The maximum absolute atomic E-state index is 13.1. The molecule has 16 heavy (non-hydrogen) atoms. The van der Waals surface area contributed by atoms with Crippen molar-refractivity contribution < 1.29 is 4.39 Å². The Kier molecular flexibility index (Phi) is 3.22. The predicted octanol–water partition coefficient (Wildman–Crippen LogP) is 2.22. The molecule has 2 aromatic rings. The molecule has 1 unspecified atom stereocenters. The molecular formula is C11H11ClFN3. The average molecular weight is 240 g/mol. The molecule has 2 rings (SSSR count). The van der Waals surface area contributed by atoms with Gasteiger partial charge in [-0.2, -0.15) is 5.10 Å². The summed E-state index contributed by atoms with van der Waals surface area (Å²) in [5.41, 5.74) is 6.45. The first-order valence-corrected chi connectivity index (χ1v) is 5.23. The first-order valence-electron chi connectivity index (χ1n) is 4.86. The molecule has 0 saturated heterocycles. The van der Waals surface area contributed by atoms with E-state index in [0.29, 0.717) is 11.6 Å². The van der Waals surface area contributed by atoms with Gasteiger partial charge in [0.2, 0.25) is 0 Å². The molecule has 0 saturated carbocycles. The number of hydrogen-bond acceptors (Lipinski definition) is 2. The van der Waals surface area contributed by atoms with Gasteiger partial charge in [0.15, 0.2) is 0 Å². The van der Waals surface area contributed by atoms with Crippen LogP contribution in [0, 0.1) is 5.82 Å². The van der Waals surface area contributed by atoms with Crippen LogP contribution in [0.4, 0.5) is 4.39 Å². The van der Waals surface area contributed by atoms with E-state index in [0.717, 1.165) is 5.56 Å². The summed E-state index contributed by atoms with van der Waals surface area (Å²) >= 11 is 5.78. The smallest absolute Gasteiger partial charge is 0.123 e. The zero-order valence-corrected chi connectivity index (χ0v) is 9.23. The fourth-order valence-electron chi connectivity index (χ4n) is 1.60. The van der Waals surface area contributed by atoms with Gasteiger partial charge in [-0.15, -0.1) is 0 Å². The summed E-state index contributed by atoms with van der Waals surface area (Å²) in [6.07, 6.45) is 3.20. The summed E-state index contributed by atoms with van der Waals surface area (Å²) in [6.45, 7) is 0.335. The molecule has 0 bridgehead atoms. The molecule has 0 aliphatic rings. The van der Waals surface area contributed by atoms with Crippen molar-refractivity contribution in [2.75, 3.05) is 6.54 Å². The Balaban J connectivity index is 2.36. The zero-order valence-electron chi connectivity index (χ0n) is 8.48. The van der Waals surface area contributed by atoms with Gasteiger partial charge >= 0.3 is 0 Å². The molecule has 0 aliphatic heterocycles. The minimum absolute atomic E-state index is 0.191. The number of aromatic nitrogens is 2. The maximum Gasteiger partial charge on any atom is 0.123 e. The van der Waals surface area contributed by atoms with E-state index < -0.39 is 0 Å². The summed E-state index contributed by atoms with van der Waals surface area (Å²) < 4.78 is 14.7. The van der Waals surface area contributed by atoms with Gasteiger partial charge in [-0.05, 0) is 17.7 Å². The second-order valence-electron chi connectivity index (χ2n) is 3.45. The van der Waals surface area contributed by atoms with Crippen molar-refractivity contribution in [2.24, 2.45) is 5.73 Å². The van der Waals surface area contributed by atoms with Crippen LogP contribution in [0.15, 0.2) is 36.7 Å². The SMILES string of the molecule is NCC(c1cccc(F)c1)n1cc(Cl)cn1. The minimum atomic E-state index is -0.283. The number of nitrogens with zero attached hydrogens (tertiary/aromatic N) is 2. The molecule has 1 aromatic carbocycles. The Morgan fingerprint density at radius 3 is 2.88 bits per heavy atom. The summed E-state index contributed by atoms with van der Waals surface area (Å²) in [5, 5.41) is 4.61. The van der Waals surface area contributed by atoms with Crippen molar-refractivity contribution in [3.63, 3.8) is 0 Å². The van der Waals surface area contributed by atoms with Gasteiger partial charge in [0.1, 0.15) is 5.82 Å². The van der Waals surface area contributed by atoms with Crippen molar-refractivity contribution in [1.82, 2.24) is 9.78 Å². The van der Waals surface area contributed by atoms with Crippen LogP contribution in [0.1, 0.15) is 11.6 Å². The molecule has 0 amide bonds. The Bertz CT molecular complexity index is 484. The van der Waals surface area contributed by atoms with Gasteiger partial charge < -0.3 is 5.73 Å². The molecule has 1 heterocycles. The molecular weight excluding hydrogens is 229 g/mol. The van der Waals surface area contributed by atoms with E-state index in [4.69, 9.17) is 17.3 Å². The van der Waals surface area contributed by atoms with Crippen molar-refractivity contribution in [3.05, 3.63) is 53.1 Å². The Hall–Kier alpha value is -1.39. The number of benzene rings is 1. The molecule has 0 radical (unpaired) electrons. The van der Waals surface area contributed by atoms with Gasteiger partial charge in [-0.25, -0.2) is 4.39 Å². The van der Waals surface area contributed by atoms with Crippen LogP contribution in [-0.2, 0) is 0 Å². The fourth-order valence-corrected chi connectivity index (χ4v) is 1.74. The van der Waals surface area contributed by atoms with E-state index in [1.807, 2.05) is 6.07 Å². The van der Waals surface area contributed by atoms with Gasteiger partial charge in [0.25, 0.3) is 0 Å². The Morgan fingerprint density at radius 2 is 2.31 bits per heavy atom. The third kappa shape index (κ3) is 2.23. The van der Waals surface area contributed by atoms with Crippen molar-refractivity contribution in [3.8, 4) is 0 Å². The summed E-state index contributed by atoms with van der Waals surface area (Å²) in [5.74, 6) is -0.283. The lowest BCUT2D eigenvalue weighted by Crippen LogP contribution is -2.20. The van der Waals surface area contributed by atoms with Crippen molar-refractivity contribution in [1.29, 1.82) is 0 Å². The predicted molar refractivity (Wildman–Crippen MR) is 60.8 cm³/mol. The molecule has 84 valence electrons. The van der Waals surface area contributed by atoms with Crippen LogP contribution in [-0.4, -0.2) is 16.3 Å². The summed E-state index contributed by atoms with van der Waals surface area (Å²) in [4.78, 5) is 0. The number of hydrogen-bond donors (Lipinski definition) is 1. The lowest BCUT2D eigenvalue weighted by molar-refractivity contribution is 0.526. The van der Waals surface area contributed by atoms with E-state index in [9.17, 15) is 4.39 Å². The van der Waals surface area contributed by atoms with Gasteiger partial charge in [-0.3, -0.25) is 4.68 Å². The normalized spacial score (nSPS) is 12.7. The Morgan fingerprint density at radius 1 is 1.50 bits per heavy atom. The highest BCUT2D eigenvalue weighted by Gasteiger charge is 2.13. The number of nitrogens with two attached hydrogens (primary N) is 1. The zero-order chi connectivity index (χ0) is 11.5. The monoisotopic (exact) mass is 239 g/mol. The summed E-state index contributed by atoms with van der Waals surface area (Å²) in [6, 6.07) is 6.12. The van der Waals surface area contributed by atoms with Crippen LogP contribution >= 0.6 is 11.6 Å². The summed E-state index contributed by atoms with van der Waals surface area (Å²) in [7, 11) is 0. The quantitative estimate of drug-likeness (QED) is 0.893. The molecule has 0 aliphatic carbocycles. The largest absolute Gasteiger partial charge is 0.328 e. The van der Waals surface area contributed by atoms with Gasteiger partial charge in [-0.1, -0.05) is 23.7 Å². The molecule has 5 heteroatoms. The first-order chi connectivity index (χ1) is 7.70. The topological polar surface area (TPSA) is 43.8 Å². The highest BCUT2D eigenvalue weighted by molar-refractivity contribution is 6.30. The van der Waals surface area contributed by atoms with Gasteiger partial charge in [0.05, 0.1) is 17.3 Å². The van der Waals surface area contributed by atoms with Crippen LogP contribution in [0.25, 0.3) is 0 Å². The van der Waals surface area contributed by atoms with Crippen LogP contribution in [0.3, 0.4) is 0 Å². The Labute approximate surface area is 97.6 Å². The minimum Gasteiger partial charge on any atom is -0.328 e. The number of halogens is 2. The van der Waals surface area contributed by atoms with Crippen LogP contribution < -0.4 is 5.73 Å². The van der Waals surface area contributed by atoms with Crippen molar-refractivity contribution >= 4 is 11.6 Å². The highest BCUT2D eigenvalue weighted by Crippen LogP contribution is 2.19. The van der Waals surface area contributed by atoms with E-state index in [1.54, 1.807) is 16.9 Å². The van der Waals surface area contributed by atoms with E-state index >= 15 is 0 Å². The third-order valence-electron chi connectivity index (χ3n) is 2.35. The number of rotatable bonds is 3. The fraction of sp³-hybridized carbons (Fsp3) is 0.182. The maximum atomic E-state index is 13.1. The standard InChI is InChI=1S/C11H11ClFN3/c12-9-6-15-16(7-9)11(5-14)8-2-1-3-10(13)4-8/h1-4,6-7,11H,5,14H2. The average Bonchev–Trinajstić information content (AvgIpc) is 2.66. The highest BCUT2D eigenvalue weighted by atomic mass is 35.5. The lowest BCUT2D eigenvalue weighted by atomic mass is 10.1. The second kappa shape index (κ2) is 4.63. The van der Waals surface area contributed by atoms with Crippen LogP contribution in [0.2, 0.25) is 5.02 Å². The van der Waals surface area contributed by atoms with Gasteiger partial charge in [0, 0.05) is 12.7 Å².